The number of likely N-dealkylation sites (tertiary alicyclic amines) is 1. The zero-order chi connectivity index (χ0) is 22.7. The molecule has 2 aliphatic rings. The summed E-state index contributed by atoms with van der Waals surface area (Å²) in [6, 6.07) is 4.81. The van der Waals surface area contributed by atoms with Crippen molar-refractivity contribution in [2.45, 2.75) is 19.0 Å². The maximum absolute atomic E-state index is 13.1. The van der Waals surface area contributed by atoms with E-state index >= 15 is 0 Å². The summed E-state index contributed by atoms with van der Waals surface area (Å²) >= 11 is 0. The van der Waals surface area contributed by atoms with E-state index in [0.717, 1.165) is 57.8 Å². The Morgan fingerprint density at radius 2 is 1.91 bits per heavy atom. The fourth-order valence-electron chi connectivity index (χ4n) is 4.23. The van der Waals surface area contributed by atoms with E-state index in [1.54, 1.807) is 4.90 Å². The van der Waals surface area contributed by atoms with E-state index in [1.165, 1.54) is 30.1 Å². The minimum atomic E-state index is -4.46. The number of ether oxygens (including phenoxy) is 2. The highest BCUT2D eigenvalue weighted by atomic mass is 19.4. The van der Waals surface area contributed by atoms with Gasteiger partial charge in [-0.3, -0.25) is 9.69 Å². The lowest BCUT2D eigenvalue weighted by atomic mass is 9.96. The van der Waals surface area contributed by atoms with Crippen molar-refractivity contribution in [1.29, 1.82) is 0 Å². The van der Waals surface area contributed by atoms with E-state index in [2.05, 4.69) is 10.00 Å². The molecule has 0 atom stereocenters. The van der Waals surface area contributed by atoms with Crippen LogP contribution in [-0.2, 0) is 10.9 Å². The van der Waals surface area contributed by atoms with E-state index in [9.17, 15) is 18.0 Å². The topological polar surface area (TPSA) is 59.8 Å². The molecule has 2 fully saturated rings. The Hall–Kier alpha value is -2.59. The number of hydrogen-bond donors (Lipinski definition) is 0. The number of halogens is 3. The van der Waals surface area contributed by atoms with Gasteiger partial charge in [0.2, 0.25) is 0 Å². The third-order valence-electron chi connectivity index (χ3n) is 6.06. The molecule has 4 rings (SSSR count). The van der Waals surface area contributed by atoms with Crippen molar-refractivity contribution in [2.24, 2.45) is 5.92 Å². The standard InChI is InChI=1S/C22H27F3N4O3/c1-31-19-15-29(18-4-2-3-17(13-18)22(23,24)25)26-20(19)21(30)28-7-5-16(6-8-28)14-27-9-11-32-12-10-27/h2-4,13,15-16H,5-12,14H2,1H3. The molecular formula is C22H27F3N4O3. The highest BCUT2D eigenvalue weighted by molar-refractivity contribution is 5.95. The summed E-state index contributed by atoms with van der Waals surface area (Å²) in [4.78, 5) is 17.3. The van der Waals surface area contributed by atoms with Crippen LogP contribution in [0.5, 0.6) is 5.75 Å². The number of amides is 1. The lowest BCUT2D eigenvalue weighted by molar-refractivity contribution is -0.137. The lowest BCUT2D eigenvalue weighted by Crippen LogP contribution is -2.44. The molecule has 7 nitrogen and oxygen atoms in total. The van der Waals surface area contributed by atoms with E-state index in [1.807, 2.05) is 0 Å². The highest BCUT2D eigenvalue weighted by Crippen LogP contribution is 2.31. The number of nitrogens with zero attached hydrogens (tertiary/aromatic N) is 4. The predicted molar refractivity (Wildman–Crippen MR) is 111 cm³/mol. The molecule has 0 radical (unpaired) electrons. The zero-order valence-corrected chi connectivity index (χ0v) is 18.0. The van der Waals surface area contributed by atoms with Crippen molar-refractivity contribution in [3.8, 4) is 11.4 Å². The van der Waals surface area contributed by atoms with E-state index < -0.39 is 11.7 Å². The molecule has 1 aromatic carbocycles. The zero-order valence-electron chi connectivity index (χ0n) is 18.0. The van der Waals surface area contributed by atoms with Crippen LogP contribution in [-0.4, -0.2) is 78.5 Å². The van der Waals surface area contributed by atoms with E-state index in [-0.39, 0.29) is 23.0 Å². The van der Waals surface area contributed by atoms with E-state index in [4.69, 9.17) is 9.47 Å². The van der Waals surface area contributed by atoms with Gasteiger partial charge in [0.1, 0.15) is 0 Å². The Labute approximate surface area is 184 Å². The van der Waals surface area contributed by atoms with Crippen LogP contribution in [0, 0.1) is 5.92 Å². The fourth-order valence-corrected chi connectivity index (χ4v) is 4.23. The Balaban J connectivity index is 1.44. The molecule has 0 spiro atoms. The summed E-state index contributed by atoms with van der Waals surface area (Å²) < 4.78 is 51.1. The second-order valence-electron chi connectivity index (χ2n) is 8.19. The molecule has 10 heteroatoms. The number of benzene rings is 1. The number of carbonyl (C=O) groups is 1. The maximum atomic E-state index is 13.1. The van der Waals surface area contributed by atoms with Gasteiger partial charge in [0.05, 0.1) is 37.8 Å². The van der Waals surface area contributed by atoms with Crippen LogP contribution < -0.4 is 4.74 Å². The first-order valence-electron chi connectivity index (χ1n) is 10.8. The van der Waals surface area contributed by atoms with Crippen molar-refractivity contribution in [2.75, 3.05) is 53.0 Å². The average Bonchev–Trinajstić information content (AvgIpc) is 3.24. The smallest absolute Gasteiger partial charge is 0.416 e. The van der Waals surface area contributed by atoms with Crippen LogP contribution in [0.2, 0.25) is 0 Å². The van der Waals surface area contributed by atoms with Crippen LogP contribution in [0.15, 0.2) is 30.5 Å². The molecule has 0 unspecified atom stereocenters. The minimum Gasteiger partial charge on any atom is -0.493 e. The van der Waals surface area contributed by atoms with Gasteiger partial charge in [-0.2, -0.15) is 18.3 Å². The van der Waals surface area contributed by atoms with Gasteiger partial charge in [0.15, 0.2) is 11.4 Å². The lowest BCUT2D eigenvalue weighted by Gasteiger charge is -2.35. The number of rotatable bonds is 5. The molecular weight excluding hydrogens is 425 g/mol. The number of hydrogen-bond acceptors (Lipinski definition) is 5. The van der Waals surface area contributed by atoms with Crippen molar-refractivity contribution in [3.63, 3.8) is 0 Å². The van der Waals surface area contributed by atoms with Gasteiger partial charge in [-0.05, 0) is 37.0 Å². The number of alkyl halides is 3. The SMILES string of the molecule is COc1cn(-c2cccc(C(F)(F)F)c2)nc1C(=O)N1CCC(CN2CCOCC2)CC1. The summed E-state index contributed by atoms with van der Waals surface area (Å²) in [5.74, 6) is 0.502. The summed E-state index contributed by atoms with van der Waals surface area (Å²) in [6.07, 6.45) is -1.22. The van der Waals surface area contributed by atoms with Crippen molar-refractivity contribution < 1.29 is 27.4 Å². The van der Waals surface area contributed by atoms with Gasteiger partial charge in [-0.1, -0.05) is 6.07 Å². The normalized spacial score (nSPS) is 18.7. The number of methoxy groups -OCH3 is 1. The maximum Gasteiger partial charge on any atom is 0.416 e. The molecule has 1 aromatic heterocycles. The van der Waals surface area contributed by atoms with Crippen molar-refractivity contribution >= 4 is 5.91 Å². The number of piperidine rings is 1. The van der Waals surface area contributed by atoms with Gasteiger partial charge in [0, 0.05) is 32.7 Å². The Bertz CT molecular complexity index is 933. The van der Waals surface area contributed by atoms with Crippen molar-refractivity contribution in [1.82, 2.24) is 19.6 Å². The van der Waals surface area contributed by atoms with Gasteiger partial charge in [-0.25, -0.2) is 4.68 Å². The Kier molecular flexibility index (Phi) is 6.71. The van der Waals surface area contributed by atoms with Crippen LogP contribution in [0.4, 0.5) is 13.2 Å². The molecule has 1 amide bonds. The molecule has 0 bridgehead atoms. The summed E-state index contributed by atoms with van der Waals surface area (Å²) in [7, 11) is 1.42. The second kappa shape index (κ2) is 9.50. The molecule has 2 aliphatic heterocycles. The average molecular weight is 452 g/mol. The van der Waals surface area contributed by atoms with E-state index in [0.29, 0.717) is 19.0 Å². The first-order chi connectivity index (χ1) is 15.3. The van der Waals surface area contributed by atoms with Crippen LogP contribution in [0.25, 0.3) is 5.69 Å². The largest absolute Gasteiger partial charge is 0.493 e. The third-order valence-corrected chi connectivity index (χ3v) is 6.06. The highest BCUT2D eigenvalue weighted by Gasteiger charge is 2.32. The first kappa shape index (κ1) is 22.6. The molecule has 174 valence electrons. The number of carbonyl (C=O) groups excluding carboxylic acids is 1. The summed E-state index contributed by atoms with van der Waals surface area (Å²) in [6.45, 7) is 5.68. The van der Waals surface area contributed by atoms with Crippen molar-refractivity contribution in [3.05, 3.63) is 41.7 Å². The molecule has 32 heavy (non-hydrogen) atoms. The number of morpholine rings is 1. The minimum absolute atomic E-state index is 0.108. The van der Waals surface area contributed by atoms with Gasteiger partial charge >= 0.3 is 6.18 Å². The fraction of sp³-hybridized carbons (Fsp3) is 0.545. The third kappa shape index (κ3) is 5.07. The Morgan fingerprint density at radius 1 is 1.19 bits per heavy atom. The molecule has 3 heterocycles. The van der Waals surface area contributed by atoms with Gasteiger partial charge < -0.3 is 14.4 Å². The molecule has 0 aliphatic carbocycles. The quantitative estimate of drug-likeness (QED) is 0.698. The molecule has 0 saturated carbocycles. The predicted octanol–water partition coefficient (Wildman–Crippen LogP) is 3.08. The first-order valence-corrected chi connectivity index (χ1v) is 10.8. The summed E-state index contributed by atoms with van der Waals surface area (Å²) in [5, 5.41) is 4.27. The van der Waals surface area contributed by atoms with Gasteiger partial charge in [-0.15, -0.1) is 0 Å². The number of aromatic nitrogens is 2. The molecule has 0 N–H and O–H groups in total. The molecule has 2 aromatic rings. The summed E-state index contributed by atoms with van der Waals surface area (Å²) in [5.41, 5.74) is -0.461. The van der Waals surface area contributed by atoms with Crippen LogP contribution in [0.3, 0.4) is 0 Å². The molecule has 2 saturated heterocycles. The monoisotopic (exact) mass is 452 g/mol. The van der Waals surface area contributed by atoms with Crippen LogP contribution in [0.1, 0.15) is 28.9 Å². The Morgan fingerprint density at radius 3 is 2.56 bits per heavy atom. The second-order valence-corrected chi connectivity index (χ2v) is 8.19. The van der Waals surface area contributed by atoms with Gasteiger partial charge in [0.25, 0.3) is 5.91 Å². The van der Waals surface area contributed by atoms with Crippen LogP contribution >= 0.6 is 0 Å².